The van der Waals surface area contributed by atoms with Crippen LogP contribution in [0.4, 0.5) is 0 Å². The number of hydrogen-bond acceptors (Lipinski definition) is 5. The van der Waals surface area contributed by atoms with Crippen molar-refractivity contribution in [2.24, 2.45) is 0 Å². The van der Waals surface area contributed by atoms with E-state index >= 15 is 0 Å². The van der Waals surface area contributed by atoms with Crippen LogP contribution in [0.2, 0.25) is 0 Å². The van der Waals surface area contributed by atoms with Gasteiger partial charge in [-0.3, -0.25) is 0 Å². The first kappa shape index (κ1) is 13.4. The first-order chi connectivity index (χ1) is 9.76. The minimum atomic E-state index is -0.0783. The maximum Gasteiger partial charge on any atom is 0.170 e. The molecular weight excluding hydrogens is 270 g/mol. The zero-order valence-electron chi connectivity index (χ0n) is 11.6. The molecule has 20 heavy (non-hydrogen) atoms. The minimum Gasteiger partial charge on any atom is -0.480 e. The molecule has 1 atom stereocenters. The highest BCUT2D eigenvalue weighted by Crippen LogP contribution is 2.39. The quantitative estimate of drug-likeness (QED) is 0.940. The van der Waals surface area contributed by atoms with Crippen LogP contribution in [-0.2, 0) is 6.54 Å². The SMILES string of the molecule is CNCc1cc(C)nc(C2CSc3ccccc3O2)n1. The van der Waals surface area contributed by atoms with E-state index in [0.717, 1.165) is 35.3 Å². The number of para-hydroxylation sites is 1. The van der Waals surface area contributed by atoms with Gasteiger partial charge in [-0.05, 0) is 32.2 Å². The summed E-state index contributed by atoms with van der Waals surface area (Å²) in [5.74, 6) is 2.55. The number of ether oxygens (including phenoxy) is 1. The van der Waals surface area contributed by atoms with Crippen molar-refractivity contribution in [3.05, 3.63) is 47.5 Å². The second kappa shape index (κ2) is 5.81. The zero-order valence-corrected chi connectivity index (χ0v) is 12.4. The fraction of sp³-hybridized carbons (Fsp3) is 0.333. The van der Waals surface area contributed by atoms with Gasteiger partial charge in [0.25, 0.3) is 0 Å². The molecule has 0 amide bonds. The van der Waals surface area contributed by atoms with Crippen LogP contribution in [0, 0.1) is 6.92 Å². The van der Waals surface area contributed by atoms with Crippen LogP contribution in [0.3, 0.4) is 0 Å². The van der Waals surface area contributed by atoms with Crippen LogP contribution >= 0.6 is 11.8 Å². The van der Waals surface area contributed by atoms with Crippen molar-refractivity contribution in [1.29, 1.82) is 0 Å². The van der Waals surface area contributed by atoms with E-state index in [9.17, 15) is 0 Å². The average Bonchev–Trinajstić information content (AvgIpc) is 2.46. The van der Waals surface area contributed by atoms with Gasteiger partial charge in [-0.25, -0.2) is 9.97 Å². The Hall–Kier alpha value is -1.59. The summed E-state index contributed by atoms with van der Waals surface area (Å²) in [5, 5.41) is 3.12. The lowest BCUT2D eigenvalue weighted by atomic mass is 10.2. The summed E-state index contributed by atoms with van der Waals surface area (Å²) in [6, 6.07) is 10.1. The van der Waals surface area contributed by atoms with E-state index < -0.39 is 0 Å². The molecule has 0 saturated carbocycles. The Morgan fingerprint density at radius 3 is 3.05 bits per heavy atom. The summed E-state index contributed by atoms with van der Waals surface area (Å²) < 4.78 is 6.04. The lowest BCUT2D eigenvalue weighted by Gasteiger charge is -2.24. The molecule has 2 aromatic rings. The molecule has 4 nitrogen and oxygen atoms in total. The van der Waals surface area contributed by atoms with Crippen molar-refractivity contribution in [3.63, 3.8) is 0 Å². The van der Waals surface area contributed by atoms with Gasteiger partial charge in [0.2, 0.25) is 0 Å². The zero-order chi connectivity index (χ0) is 13.9. The summed E-state index contributed by atoms with van der Waals surface area (Å²) in [7, 11) is 1.92. The van der Waals surface area contributed by atoms with Crippen LogP contribution in [0.1, 0.15) is 23.3 Å². The molecule has 1 aliphatic heterocycles. The van der Waals surface area contributed by atoms with Gasteiger partial charge in [0.1, 0.15) is 5.75 Å². The molecular formula is C15H17N3OS. The van der Waals surface area contributed by atoms with Gasteiger partial charge in [-0.1, -0.05) is 12.1 Å². The largest absolute Gasteiger partial charge is 0.480 e. The van der Waals surface area contributed by atoms with Crippen molar-refractivity contribution in [3.8, 4) is 5.75 Å². The van der Waals surface area contributed by atoms with Crippen LogP contribution in [-0.4, -0.2) is 22.8 Å². The molecule has 0 fully saturated rings. The molecule has 0 spiro atoms. The second-order valence-corrected chi connectivity index (χ2v) is 5.82. The molecule has 1 unspecified atom stereocenters. The third-order valence-corrected chi connectivity index (χ3v) is 4.20. The Morgan fingerprint density at radius 1 is 1.35 bits per heavy atom. The smallest absolute Gasteiger partial charge is 0.170 e. The van der Waals surface area contributed by atoms with Crippen molar-refractivity contribution in [2.45, 2.75) is 24.5 Å². The Morgan fingerprint density at radius 2 is 2.20 bits per heavy atom. The second-order valence-electron chi connectivity index (χ2n) is 4.75. The summed E-state index contributed by atoms with van der Waals surface area (Å²) in [4.78, 5) is 10.3. The Balaban J connectivity index is 1.87. The summed E-state index contributed by atoms with van der Waals surface area (Å²) >= 11 is 1.80. The number of benzene rings is 1. The molecule has 0 saturated heterocycles. The number of thioether (sulfide) groups is 1. The van der Waals surface area contributed by atoms with Gasteiger partial charge in [-0.2, -0.15) is 0 Å². The van der Waals surface area contributed by atoms with E-state index in [1.165, 1.54) is 4.90 Å². The fourth-order valence-electron chi connectivity index (χ4n) is 2.22. The average molecular weight is 287 g/mol. The van der Waals surface area contributed by atoms with E-state index in [2.05, 4.69) is 21.4 Å². The standard InChI is InChI=1S/C15H17N3OS/c1-10-7-11(8-16-2)18-15(17-10)13-9-20-14-6-4-3-5-12(14)19-13/h3-7,13,16H,8-9H2,1-2H3. The molecule has 2 heterocycles. The first-order valence-electron chi connectivity index (χ1n) is 6.64. The molecule has 0 radical (unpaired) electrons. The first-order valence-corrected chi connectivity index (χ1v) is 7.62. The lowest BCUT2D eigenvalue weighted by molar-refractivity contribution is 0.209. The number of rotatable bonds is 3. The molecule has 1 aromatic heterocycles. The third-order valence-electron chi connectivity index (χ3n) is 3.08. The van der Waals surface area contributed by atoms with Gasteiger partial charge in [0.15, 0.2) is 11.9 Å². The van der Waals surface area contributed by atoms with Gasteiger partial charge in [0, 0.05) is 22.9 Å². The Kier molecular flexibility index (Phi) is 3.89. The summed E-state index contributed by atoms with van der Waals surface area (Å²) in [6.45, 7) is 2.74. The van der Waals surface area contributed by atoms with Crippen LogP contribution in [0.5, 0.6) is 5.75 Å². The maximum atomic E-state index is 6.04. The highest BCUT2D eigenvalue weighted by Gasteiger charge is 2.24. The number of fused-ring (bicyclic) bond motifs is 1. The van der Waals surface area contributed by atoms with Gasteiger partial charge < -0.3 is 10.1 Å². The van der Waals surface area contributed by atoms with Crippen LogP contribution in [0.25, 0.3) is 0 Å². The third kappa shape index (κ3) is 2.78. The molecule has 1 N–H and O–H groups in total. The van der Waals surface area contributed by atoms with Gasteiger partial charge in [-0.15, -0.1) is 11.8 Å². The highest BCUT2D eigenvalue weighted by molar-refractivity contribution is 7.99. The minimum absolute atomic E-state index is 0.0783. The van der Waals surface area contributed by atoms with E-state index in [1.807, 2.05) is 38.2 Å². The molecule has 0 aliphatic carbocycles. The van der Waals surface area contributed by atoms with Crippen molar-refractivity contribution in [1.82, 2.24) is 15.3 Å². The molecule has 5 heteroatoms. The lowest BCUT2D eigenvalue weighted by Crippen LogP contribution is -2.19. The molecule has 1 aliphatic rings. The predicted octanol–water partition coefficient (Wildman–Crippen LogP) is 2.73. The van der Waals surface area contributed by atoms with E-state index in [4.69, 9.17) is 4.74 Å². The van der Waals surface area contributed by atoms with Gasteiger partial charge in [0.05, 0.1) is 5.69 Å². The number of aryl methyl sites for hydroxylation is 1. The van der Waals surface area contributed by atoms with Gasteiger partial charge >= 0.3 is 0 Å². The normalized spacial score (nSPS) is 17.4. The molecule has 104 valence electrons. The number of nitrogens with one attached hydrogen (secondary N) is 1. The monoisotopic (exact) mass is 287 g/mol. The van der Waals surface area contributed by atoms with Crippen LogP contribution < -0.4 is 10.1 Å². The van der Waals surface area contributed by atoms with Crippen molar-refractivity contribution in [2.75, 3.05) is 12.8 Å². The van der Waals surface area contributed by atoms with Crippen LogP contribution in [0.15, 0.2) is 35.2 Å². The van der Waals surface area contributed by atoms with E-state index in [-0.39, 0.29) is 6.10 Å². The summed E-state index contributed by atoms with van der Waals surface area (Å²) in [6.07, 6.45) is -0.0783. The Labute approximate surface area is 123 Å². The summed E-state index contributed by atoms with van der Waals surface area (Å²) in [5.41, 5.74) is 1.98. The maximum absolute atomic E-state index is 6.04. The number of nitrogens with zero attached hydrogens (tertiary/aromatic N) is 2. The van der Waals surface area contributed by atoms with E-state index in [1.54, 1.807) is 11.8 Å². The Bertz CT molecular complexity index is 618. The number of aromatic nitrogens is 2. The van der Waals surface area contributed by atoms with E-state index in [0.29, 0.717) is 0 Å². The highest BCUT2D eigenvalue weighted by atomic mass is 32.2. The molecule has 3 rings (SSSR count). The molecule has 0 bridgehead atoms. The predicted molar refractivity (Wildman–Crippen MR) is 80.1 cm³/mol. The topological polar surface area (TPSA) is 47.0 Å². The number of hydrogen-bond donors (Lipinski definition) is 1. The molecule has 1 aromatic carbocycles. The van der Waals surface area contributed by atoms with Crippen molar-refractivity contribution >= 4 is 11.8 Å². The fourth-order valence-corrected chi connectivity index (χ4v) is 3.20. The van der Waals surface area contributed by atoms with Crippen molar-refractivity contribution < 1.29 is 4.74 Å².